The number of benzene rings is 1. The summed E-state index contributed by atoms with van der Waals surface area (Å²) in [6.45, 7) is 4.41. The topological polar surface area (TPSA) is 17.1 Å². The van der Waals surface area contributed by atoms with Crippen molar-refractivity contribution in [3.05, 3.63) is 41.0 Å². The standard InChI is InChI=1S/C16H18O/c1-11-12(2)16(9-5-6-13(17)10-16)15-8-4-3-7-14(11)15/h3-4,7-8H,5-6,9-10H2,1-2H3/t16-/m1/s1. The van der Waals surface area contributed by atoms with E-state index in [0.29, 0.717) is 12.2 Å². The molecule has 1 saturated carbocycles. The van der Waals surface area contributed by atoms with E-state index >= 15 is 0 Å². The van der Waals surface area contributed by atoms with E-state index in [1.54, 1.807) is 0 Å². The zero-order chi connectivity index (χ0) is 12.0. The largest absolute Gasteiger partial charge is 0.300 e. The lowest BCUT2D eigenvalue weighted by molar-refractivity contribution is -0.121. The average molecular weight is 226 g/mol. The smallest absolute Gasteiger partial charge is 0.134 e. The molecule has 1 atom stereocenters. The van der Waals surface area contributed by atoms with Crippen LogP contribution in [-0.2, 0) is 10.2 Å². The van der Waals surface area contributed by atoms with Gasteiger partial charge in [-0.05, 0) is 43.4 Å². The maximum atomic E-state index is 11.9. The summed E-state index contributed by atoms with van der Waals surface area (Å²) in [7, 11) is 0. The van der Waals surface area contributed by atoms with Gasteiger partial charge in [0.2, 0.25) is 0 Å². The highest BCUT2D eigenvalue weighted by atomic mass is 16.1. The number of hydrogen-bond acceptors (Lipinski definition) is 1. The van der Waals surface area contributed by atoms with Gasteiger partial charge in [-0.15, -0.1) is 0 Å². The molecule has 1 heteroatoms. The second-order valence-corrected chi connectivity index (χ2v) is 5.45. The molecule has 0 radical (unpaired) electrons. The Balaban J connectivity index is 2.21. The fourth-order valence-corrected chi connectivity index (χ4v) is 3.64. The van der Waals surface area contributed by atoms with E-state index in [4.69, 9.17) is 0 Å². The number of carbonyl (C=O) groups is 1. The van der Waals surface area contributed by atoms with Crippen molar-refractivity contribution in [1.82, 2.24) is 0 Å². The van der Waals surface area contributed by atoms with Crippen LogP contribution in [-0.4, -0.2) is 5.78 Å². The van der Waals surface area contributed by atoms with Crippen LogP contribution in [0.25, 0.3) is 5.57 Å². The van der Waals surface area contributed by atoms with Gasteiger partial charge in [0.05, 0.1) is 0 Å². The van der Waals surface area contributed by atoms with Crippen molar-refractivity contribution in [1.29, 1.82) is 0 Å². The second kappa shape index (κ2) is 3.56. The first-order valence-corrected chi connectivity index (χ1v) is 6.45. The lowest BCUT2D eigenvalue weighted by Crippen LogP contribution is -2.32. The van der Waals surface area contributed by atoms with Gasteiger partial charge in [-0.3, -0.25) is 4.79 Å². The lowest BCUT2D eigenvalue weighted by atomic mass is 9.67. The van der Waals surface area contributed by atoms with Gasteiger partial charge in [0, 0.05) is 18.3 Å². The Morgan fingerprint density at radius 3 is 2.71 bits per heavy atom. The van der Waals surface area contributed by atoms with Gasteiger partial charge >= 0.3 is 0 Å². The normalized spacial score (nSPS) is 27.8. The van der Waals surface area contributed by atoms with E-state index < -0.39 is 0 Å². The van der Waals surface area contributed by atoms with Crippen LogP contribution in [0.5, 0.6) is 0 Å². The van der Waals surface area contributed by atoms with E-state index in [-0.39, 0.29) is 5.41 Å². The third-order valence-corrected chi connectivity index (χ3v) is 4.69. The molecule has 1 aromatic carbocycles. The number of ketones is 1. The first kappa shape index (κ1) is 10.8. The molecule has 0 unspecified atom stereocenters. The summed E-state index contributed by atoms with van der Waals surface area (Å²) in [6.07, 6.45) is 3.67. The molecule has 0 amide bonds. The Morgan fingerprint density at radius 1 is 1.18 bits per heavy atom. The Labute approximate surface area is 103 Å². The molecule has 3 rings (SSSR count). The second-order valence-electron chi connectivity index (χ2n) is 5.45. The van der Waals surface area contributed by atoms with Crippen LogP contribution >= 0.6 is 0 Å². The minimum atomic E-state index is 0.0377. The van der Waals surface area contributed by atoms with Crippen LogP contribution in [0.3, 0.4) is 0 Å². The number of Topliss-reactive ketones (excluding diaryl/α,β-unsaturated/α-hetero) is 1. The van der Waals surface area contributed by atoms with Crippen LogP contribution < -0.4 is 0 Å². The van der Waals surface area contributed by atoms with Gasteiger partial charge in [0.25, 0.3) is 0 Å². The Kier molecular flexibility index (Phi) is 2.25. The van der Waals surface area contributed by atoms with Gasteiger partial charge in [-0.1, -0.05) is 29.8 Å². The summed E-state index contributed by atoms with van der Waals surface area (Å²) in [5.74, 6) is 0.431. The monoisotopic (exact) mass is 226 g/mol. The summed E-state index contributed by atoms with van der Waals surface area (Å²) in [4.78, 5) is 11.9. The fraction of sp³-hybridized carbons (Fsp3) is 0.438. The summed E-state index contributed by atoms with van der Waals surface area (Å²) in [5.41, 5.74) is 5.60. The molecule has 0 saturated heterocycles. The van der Waals surface area contributed by atoms with Gasteiger partial charge < -0.3 is 0 Å². The number of fused-ring (bicyclic) bond motifs is 2. The van der Waals surface area contributed by atoms with E-state index in [1.807, 2.05) is 0 Å². The molecule has 17 heavy (non-hydrogen) atoms. The highest BCUT2D eigenvalue weighted by Gasteiger charge is 2.44. The average Bonchev–Trinajstić information content (AvgIpc) is 2.54. The molecule has 1 spiro atoms. The fourth-order valence-electron chi connectivity index (χ4n) is 3.64. The summed E-state index contributed by atoms with van der Waals surface area (Å²) in [6, 6.07) is 8.61. The third kappa shape index (κ3) is 1.35. The van der Waals surface area contributed by atoms with Gasteiger partial charge in [-0.25, -0.2) is 0 Å². The van der Waals surface area contributed by atoms with Crippen molar-refractivity contribution >= 4 is 11.4 Å². The number of allylic oxidation sites excluding steroid dienone is 2. The Bertz CT molecular complexity index is 524. The molecule has 1 aromatic rings. The molecule has 88 valence electrons. The van der Waals surface area contributed by atoms with Crippen LogP contribution in [0.1, 0.15) is 50.7 Å². The third-order valence-electron chi connectivity index (χ3n) is 4.69. The van der Waals surface area contributed by atoms with Gasteiger partial charge in [-0.2, -0.15) is 0 Å². The molecule has 2 aliphatic rings. The van der Waals surface area contributed by atoms with Crippen LogP contribution in [0.2, 0.25) is 0 Å². The minimum absolute atomic E-state index is 0.0377. The molecule has 1 fully saturated rings. The highest BCUT2D eigenvalue weighted by molar-refractivity contribution is 5.87. The van der Waals surface area contributed by atoms with Crippen molar-refractivity contribution in [3.8, 4) is 0 Å². The molecule has 0 N–H and O–H groups in total. The van der Waals surface area contributed by atoms with Gasteiger partial charge in [0.1, 0.15) is 5.78 Å². The highest BCUT2D eigenvalue weighted by Crippen LogP contribution is 2.52. The SMILES string of the molecule is CC1=C(C)[C@]2(CCCC(=O)C2)c2ccccc21. The summed E-state index contributed by atoms with van der Waals surface area (Å²) >= 11 is 0. The number of hydrogen-bond donors (Lipinski definition) is 0. The van der Waals surface area contributed by atoms with Crippen molar-refractivity contribution in [2.75, 3.05) is 0 Å². The molecule has 1 nitrogen and oxygen atoms in total. The number of carbonyl (C=O) groups excluding carboxylic acids is 1. The zero-order valence-electron chi connectivity index (χ0n) is 10.5. The van der Waals surface area contributed by atoms with E-state index in [0.717, 1.165) is 19.3 Å². The van der Waals surface area contributed by atoms with Crippen LogP contribution in [0.15, 0.2) is 29.8 Å². The maximum Gasteiger partial charge on any atom is 0.134 e. The van der Waals surface area contributed by atoms with Crippen molar-refractivity contribution < 1.29 is 4.79 Å². The lowest BCUT2D eigenvalue weighted by Gasteiger charge is -2.35. The Morgan fingerprint density at radius 2 is 1.94 bits per heavy atom. The van der Waals surface area contributed by atoms with Crippen molar-refractivity contribution in [2.24, 2.45) is 0 Å². The quantitative estimate of drug-likeness (QED) is 0.656. The molecular formula is C16H18O. The first-order chi connectivity index (χ1) is 8.15. The first-order valence-electron chi connectivity index (χ1n) is 6.45. The predicted molar refractivity (Wildman–Crippen MR) is 69.9 cm³/mol. The van der Waals surface area contributed by atoms with Crippen LogP contribution in [0, 0.1) is 0 Å². The van der Waals surface area contributed by atoms with Crippen LogP contribution in [0.4, 0.5) is 0 Å². The molecule has 0 bridgehead atoms. The number of rotatable bonds is 0. The summed E-state index contributed by atoms with van der Waals surface area (Å²) in [5, 5.41) is 0. The minimum Gasteiger partial charge on any atom is -0.300 e. The molecule has 0 heterocycles. The molecular weight excluding hydrogens is 208 g/mol. The van der Waals surface area contributed by atoms with Crippen molar-refractivity contribution in [3.63, 3.8) is 0 Å². The van der Waals surface area contributed by atoms with E-state index in [9.17, 15) is 4.79 Å². The maximum absolute atomic E-state index is 11.9. The Hall–Kier alpha value is -1.37. The molecule has 0 aliphatic heterocycles. The molecule has 0 aromatic heterocycles. The predicted octanol–water partition coefficient (Wildman–Crippen LogP) is 3.87. The van der Waals surface area contributed by atoms with E-state index in [2.05, 4.69) is 38.1 Å². The summed E-state index contributed by atoms with van der Waals surface area (Å²) < 4.78 is 0. The van der Waals surface area contributed by atoms with E-state index in [1.165, 1.54) is 22.3 Å². The zero-order valence-corrected chi connectivity index (χ0v) is 10.5. The van der Waals surface area contributed by atoms with Gasteiger partial charge in [0.15, 0.2) is 0 Å². The van der Waals surface area contributed by atoms with Crippen molar-refractivity contribution in [2.45, 2.75) is 44.9 Å². The molecule has 2 aliphatic carbocycles.